The molecule has 0 aromatic heterocycles. The quantitative estimate of drug-likeness (QED) is 0.792. The molecule has 1 N–H and O–H groups in total. The third kappa shape index (κ3) is 4.15. The molecule has 0 bridgehead atoms. The van der Waals surface area contributed by atoms with Crippen LogP contribution in [0, 0.1) is 17.5 Å². The van der Waals surface area contributed by atoms with E-state index in [1.54, 1.807) is 18.2 Å². The van der Waals surface area contributed by atoms with Crippen molar-refractivity contribution in [1.82, 2.24) is 0 Å². The van der Waals surface area contributed by atoms with Gasteiger partial charge in [0.2, 0.25) is 0 Å². The summed E-state index contributed by atoms with van der Waals surface area (Å²) in [7, 11) is 0. The number of hydrogen-bond donors (Lipinski definition) is 1. The largest absolute Gasteiger partial charge is 0.494 e. The molecule has 2 nitrogen and oxygen atoms in total. The molecule has 21 heavy (non-hydrogen) atoms. The molecule has 0 heterocycles. The molecule has 0 saturated heterocycles. The first-order valence-electron chi connectivity index (χ1n) is 6.70. The van der Waals surface area contributed by atoms with Crippen LogP contribution in [-0.4, -0.2) is 6.61 Å². The Hall–Kier alpha value is -2.17. The van der Waals surface area contributed by atoms with Gasteiger partial charge in [-0.2, -0.15) is 0 Å². The van der Waals surface area contributed by atoms with E-state index in [4.69, 9.17) is 4.74 Å². The number of ether oxygens (including phenoxy) is 1. The van der Waals surface area contributed by atoms with E-state index in [-0.39, 0.29) is 12.1 Å². The SMILES string of the molecule is CCCOc1cccc(NCc2cc(F)c(F)cc2F)c1. The third-order valence-corrected chi connectivity index (χ3v) is 2.88. The number of rotatable bonds is 6. The predicted molar refractivity (Wildman–Crippen MR) is 75.9 cm³/mol. The molecule has 112 valence electrons. The van der Waals surface area contributed by atoms with Crippen molar-refractivity contribution in [1.29, 1.82) is 0 Å². The zero-order valence-corrected chi connectivity index (χ0v) is 11.6. The van der Waals surface area contributed by atoms with Crippen LogP contribution in [0.25, 0.3) is 0 Å². The lowest BCUT2D eigenvalue weighted by atomic mass is 10.2. The third-order valence-electron chi connectivity index (χ3n) is 2.88. The molecular formula is C16H16F3NO. The topological polar surface area (TPSA) is 21.3 Å². The highest BCUT2D eigenvalue weighted by Gasteiger charge is 2.09. The summed E-state index contributed by atoms with van der Waals surface area (Å²) >= 11 is 0. The van der Waals surface area contributed by atoms with Gasteiger partial charge < -0.3 is 10.1 Å². The number of anilines is 1. The second-order valence-electron chi connectivity index (χ2n) is 4.59. The molecule has 0 amide bonds. The summed E-state index contributed by atoms with van der Waals surface area (Å²) in [5.74, 6) is -2.33. The molecule has 0 aliphatic rings. The number of benzene rings is 2. The Morgan fingerprint density at radius 1 is 1.00 bits per heavy atom. The highest BCUT2D eigenvalue weighted by molar-refractivity contribution is 5.48. The Bertz CT molecular complexity index is 616. The molecule has 0 fully saturated rings. The van der Waals surface area contributed by atoms with E-state index >= 15 is 0 Å². The van der Waals surface area contributed by atoms with E-state index in [9.17, 15) is 13.2 Å². The first kappa shape index (κ1) is 15.2. The van der Waals surface area contributed by atoms with Gasteiger partial charge in [0.05, 0.1) is 6.61 Å². The lowest BCUT2D eigenvalue weighted by molar-refractivity contribution is 0.317. The Balaban J connectivity index is 2.04. The second kappa shape index (κ2) is 7.02. The zero-order chi connectivity index (χ0) is 15.2. The van der Waals surface area contributed by atoms with Crippen LogP contribution < -0.4 is 10.1 Å². The van der Waals surface area contributed by atoms with Gasteiger partial charge in [-0.05, 0) is 24.6 Å². The average Bonchev–Trinajstić information content (AvgIpc) is 2.48. The van der Waals surface area contributed by atoms with Crippen molar-refractivity contribution >= 4 is 5.69 Å². The van der Waals surface area contributed by atoms with Gasteiger partial charge >= 0.3 is 0 Å². The Labute approximate surface area is 121 Å². The van der Waals surface area contributed by atoms with Crippen LogP contribution in [0.15, 0.2) is 36.4 Å². The van der Waals surface area contributed by atoms with Crippen molar-refractivity contribution in [3.8, 4) is 5.75 Å². The van der Waals surface area contributed by atoms with E-state index in [2.05, 4.69) is 5.32 Å². The smallest absolute Gasteiger partial charge is 0.161 e. The Morgan fingerprint density at radius 2 is 1.76 bits per heavy atom. The van der Waals surface area contributed by atoms with Gasteiger partial charge in [-0.15, -0.1) is 0 Å². The molecule has 2 aromatic carbocycles. The first-order chi connectivity index (χ1) is 10.1. The molecular weight excluding hydrogens is 279 g/mol. The maximum absolute atomic E-state index is 13.5. The van der Waals surface area contributed by atoms with Crippen molar-refractivity contribution in [2.75, 3.05) is 11.9 Å². The van der Waals surface area contributed by atoms with E-state index in [1.807, 2.05) is 13.0 Å². The minimum Gasteiger partial charge on any atom is -0.494 e. The summed E-state index contributed by atoms with van der Waals surface area (Å²) < 4.78 is 44.9. The van der Waals surface area contributed by atoms with Crippen LogP contribution in [-0.2, 0) is 6.54 Å². The molecule has 2 aromatic rings. The monoisotopic (exact) mass is 295 g/mol. The summed E-state index contributed by atoms with van der Waals surface area (Å²) in [6, 6.07) is 8.58. The van der Waals surface area contributed by atoms with Crippen LogP contribution in [0.1, 0.15) is 18.9 Å². The Kier molecular flexibility index (Phi) is 5.09. The van der Waals surface area contributed by atoms with Crippen LogP contribution >= 0.6 is 0 Å². The molecule has 0 atom stereocenters. The zero-order valence-electron chi connectivity index (χ0n) is 11.6. The van der Waals surface area contributed by atoms with Crippen LogP contribution in [0.3, 0.4) is 0 Å². The number of hydrogen-bond acceptors (Lipinski definition) is 2. The summed E-state index contributed by atoms with van der Waals surface area (Å²) in [6.07, 6.45) is 0.901. The highest BCUT2D eigenvalue weighted by atomic mass is 19.2. The number of nitrogens with one attached hydrogen (secondary N) is 1. The summed E-state index contributed by atoms with van der Waals surface area (Å²) in [6.45, 7) is 2.68. The minimum absolute atomic E-state index is 0.0558. The molecule has 0 spiro atoms. The van der Waals surface area contributed by atoms with Crippen molar-refractivity contribution < 1.29 is 17.9 Å². The molecule has 0 saturated carbocycles. The van der Waals surface area contributed by atoms with E-state index in [1.165, 1.54) is 0 Å². The van der Waals surface area contributed by atoms with Crippen molar-refractivity contribution in [3.05, 3.63) is 59.4 Å². The lowest BCUT2D eigenvalue weighted by Gasteiger charge is -2.10. The van der Waals surface area contributed by atoms with Crippen LogP contribution in [0.2, 0.25) is 0 Å². The van der Waals surface area contributed by atoms with Gasteiger partial charge in [0, 0.05) is 29.9 Å². The standard InChI is InChI=1S/C16H16F3NO/c1-2-6-21-13-5-3-4-12(8-13)20-10-11-7-15(18)16(19)9-14(11)17/h3-5,7-9,20H,2,6,10H2,1H3. The molecule has 2 rings (SSSR count). The molecule has 0 aliphatic carbocycles. The van der Waals surface area contributed by atoms with Gasteiger partial charge in [-0.3, -0.25) is 0 Å². The maximum atomic E-state index is 13.5. The van der Waals surface area contributed by atoms with Gasteiger partial charge in [0.15, 0.2) is 11.6 Å². The predicted octanol–water partition coefficient (Wildman–Crippen LogP) is 4.50. The van der Waals surface area contributed by atoms with E-state index in [0.717, 1.165) is 12.5 Å². The van der Waals surface area contributed by atoms with Gasteiger partial charge in [0.1, 0.15) is 11.6 Å². The van der Waals surface area contributed by atoms with Gasteiger partial charge in [0.25, 0.3) is 0 Å². The van der Waals surface area contributed by atoms with Gasteiger partial charge in [-0.25, -0.2) is 13.2 Å². The fourth-order valence-corrected chi connectivity index (χ4v) is 1.81. The van der Waals surface area contributed by atoms with Crippen LogP contribution in [0.4, 0.5) is 18.9 Å². The summed E-state index contributed by atoms with van der Waals surface area (Å²) in [5, 5.41) is 2.96. The fourth-order valence-electron chi connectivity index (χ4n) is 1.81. The lowest BCUT2D eigenvalue weighted by Crippen LogP contribution is -2.04. The van der Waals surface area contributed by atoms with E-state index in [0.29, 0.717) is 24.1 Å². The molecule has 0 aliphatic heterocycles. The highest BCUT2D eigenvalue weighted by Crippen LogP contribution is 2.20. The van der Waals surface area contributed by atoms with Crippen LogP contribution in [0.5, 0.6) is 5.75 Å². The fraction of sp³-hybridized carbons (Fsp3) is 0.250. The Morgan fingerprint density at radius 3 is 2.52 bits per heavy atom. The maximum Gasteiger partial charge on any atom is 0.161 e. The van der Waals surface area contributed by atoms with E-state index < -0.39 is 17.5 Å². The first-order valence-corrected chi connectivity index (χ1v) is 6.70. The molecule has 0 radical (unpaired) electrons. The van der Waals surface area contributed by atoms with Crippen molar-refractivity contribution in [2.45, 2.75) is 19.9 Å². The average molecular weight is 295 g/mol. The summed E-state index contributed by atoms with van der Waals surface area (Å²) in [4.78, 5) is 0. The second-order valence-corrected chi connectivity index (χ2v) is 4.59. The van der Waals surface area contributed by atoms with Gasteiger partial charge in [-0.1, -0.05) is 13.0 Å². The molecule has 5 heteroatoms. The number of halogens is 3. The molecule has 0 unspecified atom stereocenters. The minimum atomic E-state index is -1.19. The van der Waals surface area contributed by atoms with Crippen molar-refractivity contribution in [3.63, 3.8) is 0 Å². The van der Waals surface area contributed by atoms with Crippen molar-refractivity contribution in [2.24, 2.45) is 0 Å². The summed E-state index contributed by atoms with van der Waals surface area (Å²) in [5.41, 5.74) is 0.779. The normalized spacial score (nSPS) is 10.5.